The number of hydrogen-bond donors (Lipinski definition) is 2. The molecule has 1 saturated heterocycles. The molecule has 2 bridgehead atoms. The normalized spacial score (nSPS) is 49.2. The smallest absolute Gasteiger partial charge is 0.241 e. The van der Waals surface area contributed by atoms with Crippen LogP contribution >= 0.6 is 0 Å². The molecule has 0 aromatic rings. The number of amides is 1. The Balaban J connectivity index is 1.61. The number of fused-ring (bicyclic) bond motifs is 3. The van der Waals surface area contributed by atoms with Crippen LogP contribution in [0.5, 0.6) is 0 Å². The highest BCUT2D eigenvalue weighted by Crippen LogP contribution is 2.57. The fourth-order valence-electron chi connectivity index (χ4n) is 6.61. The molecule has 1 aliphatic heterocycles. The molecule has 3 aliphatic carbocycles. The third-order valence-corrected chi connectivity index (χ3v) is 7.53. The maximum Gasteiger partial charge on any atom is 0.241 e. The number of carbonyl (C=O) groups excluding carboxylic acids is 1. The lowest BCUT2D eigenvalue weighted by Crippen LogP contribution is -2.61. The topological polar surface area (TPSA) is 90.3 Å². The fourth-order valence-corrected chi connectivity index (χ4v) is 6.61. The highest BCUT2D eigenvalue weighted by molar-refractivity contribution is 5.84. The first-order valence-corrected chi connectivity index (χ1v) is 9.98. The summed E-state index contributed by atoms with van der Waals surface area (Å²) in [7, 11) is 0. The first-order valence-electron chi connectivity index (χ1n) is 9.98. The number of carbonyl (C=O) groups is 1. The highest BCUT2D eigenvalue weighted by atomic mass is 16.3. The lowest BCUT2D eigenvalue weighted by atomic mass is 9.52. The molecule has 0 aromatic heterocycles. The van der Waals surface area contributed by atoms with E-state index in [-0.39, 0.29) is 23.4 Å². The molecule has 4 rings (SSSR count). The van der Waals surface area contributed by atoms with Crippen LogP contribution in [0.15, 0.2) is 0 Å². The molecule has 1 heterocycles. The first kappa shape index (κ1) is 17.3. The summed E-state index contributed by atoms with van der Waals surface area (Å²) in [4.78, 5) is 15.1. The summed E-state index contributed by atoms with van der Waals surface area (Å²) in [6.45, 7) is 4.12. The Hall–Kier alpha value is -1.12. The largest absolute Gasteiger partial charge is 0.390 e. The van der Waals surface area contributed by atoms with Crippen LogP contribution in [0.2, 0.25) is 0 Å². The van der Waals surface area contributed by atoms with Crippen molar-refractivity contribution in [2.45, 2.75) is 88.9 Å². The third kappa shape index (κ3) is 2.78. The molecule has 25 heavy (non-hydrogen) atoms. The van der Waals surface area contributed by atoms with Crippen molar-refractivity contribution in [2.75, 3.05) is 0 Å². The zero-order valence-corrected chi connectivity index (χ0v) is 15.4. The number of nitrogens with zero attached hydrogens (tertiary/aromatic N) is 2. The van der Waals surface area contributed by atoms with Crippen LogP contribution in [0.25, 0.3) is 0 Å². The molecule has 0 aromatic carbocycles. The van der Waals surface area contributed by atoms with Gasteiger partial charge in [-0.25, -0.2) is 0 Å². The second-order valence-corrected chi connectivity index (χ2v) is 9.69. The second-order valence-electron chi connectivity index (χ2n) is 9.69. The average molecular weight is 345 g/mol. The standard InChI is InChI=1S/C20H31N3O2/c1-3-12-4-13-7-19(2,25)11-20(8-12,9-13)17(22)18(24)23-15(10-21)5-14-6-16(14)23/h12-17,25H,3-9,11,22H2,1-2H3/t12?,13?,14-,15+,16+,17-,19?,20?/m1/s1. The molecular weight excluding hydrogens is 314 g/mol. The lowest BCUT2D eigenvalue weighted by molar-refractivity contribution is -0.147. The Kier molecular flexibility index (Phi) is 3.94. The predicted octanol–water partition coefficient (Wildman–Crippen LogP) is 2.18. The number of aliphatic hydroxyl groups is 1. The van der Waals surface area contributed by atoms with E-state index in [1.807, 2.05) is 6.92 Å². The lowest BCUT2D eigenvalue weighted by Gasteiger charge is -2.55. The average Bonchev–Trinajstić information content (AvgIpc) is 3.21. The minimum absolute atomic E-state index is 0.0373. The van der Waals surface area contributed by atoms with E-state index in [1.165, 1.54) is 0 Å². The Morgan fingerprint density at radius 3 is 2.80 bits per heavy atom. The SMILES string of the molecule is CCC1CC2CC(C)(O)CC([C@H](N)C(=O)N3[C@H](C#N)C[C@@H]4C[C@@H]43)(C1)C2. The number of nitriles is 1. The van der Waals surface area contributed by atoms with Gasteiger partial charge in [0.25, 0.3) is 0 Å². The molecule has 0 spiro atoms. The van der Waals surface area contributed by atoms with E-state index in [0.29, 0.717) is 24.2 Å². The summed E-state index contributed by atoms with van der Waals surface area (Å²) in [5.74, 6) is 1.52. The summed E-state index contributed by atoms with van der Waals surface area (Å²) >= 11 is 0. The van der Waals surface area contributed by atoms with Gasteiger partial charge in [-0.2, -0.15) is 5.26 Å². The molecule has 5 nitrogen and oxygen atoms in total. The predicted molar refractivity (Wildman–Crippen MR) is 94.1 cm³/mol. The number of piperidine rings is 1. The Morgan fingerprint density at radius 1 is 1.36 bits per heavy atom. The monoisotopic (exact) mass is 345 g/mol. The molecule has 5 heteroatoms. The van der Waals surface area contributed by atoms with Gasteiger partial charge in [0.15, 0.2) is 0 Å². The zero-order chi connectivity index (χ0) is 18.0. The fraction of sp³-hybridized carbons (Fsp3) is 0.900. The van der Waals surface area contributed by atoms with Gasteiger partial charge in [0.2, 0.25) is 5.91 Å². The number of nitrogens with two attached hydrogens (primary N) is 1. The van der Waals surface area contributed by atoms with Crippen LogP contribution in [-0.2, 0) is 4.79 Å². The molecule has 0 radical (unpaired) electrons. The molecule has 3 saturated carbocycles. The molecule has 4 unspecified atom stereocenters. The van der Waals surface area contributed by atoms with Crippen molar-refractivity contribution >= 4 is 5.91 Å². The maximum absolute atomic E-state index is 13.3. The third-order valence-electron chi connectivity index (χ3n) is 7.53. The Morgan fingerprint density at radius 2 is 2.12 bits per heavy atom. The Labute approximate surface area is 150 Å². The summed E-state index contributed by atoms with van der Waals surface area (Å²) in [5.41, 5.74) is 5.59. The summed E-state index contributed by atoms with van der Waals surface area (Å²) < 4.78 is 0. The van der Waals surface area contributed by atoms with Gasteiger partial charge in [0.1, 0.15) is 6.04 Å². The van der Waals surface area contributed by atoms with Crippen molar-refractivity contribution in [3.8, 4) is 6.07 Å². The minimum atomic E-state index is -0.735. The molecule has 1 amide bonds. The van der Waals surface area contributed by atoms with E-state index >= 15 is 0 Å². The highest BCUT2D eigenvalue weighted by Gasteiger charge is 2.59. The van der Waals surface area contributed by atoms with Crippen molar-refractivity contribution in [2.24, 2.45) is 28.9 Å². The van der Waals surface area contributed by atoms with E-state index < -0.39 is 11.6 Å². The van der Waals surface area contributed by atoms with Crippen molar-refractivity contribution in [3.05, 3.63) is 0 Å². The second kappa shape index (κ2) is 5.69. The molecule has 3 N–H and O–H groups in total. The molecule has 4 aliphatic rings. The van der Waals surface area contributed by atoms with Crippen LogP contribution in [0.3, 0.4) is 0 Å². The summed E-state index contributed by atoms with van der Waals surface area (Å²) in [6, 6.07) is 1.65. The van der Waals surface area contributed by atoms with E-state index in [0.717, 1.165) is 44.9 Å². The maximum atomic E-state index is 13.3. The van der Waals surface area contributed by atoms with Gasteiger partial charge in [0.05, 0.1) is 17.7 Å². The quantitative estimate of drug-likeness (QED) is 0.820. The zero-order valence-electron chi connectivity index (χ0n) is 15.4. The van der Waals surface area contributed by atoms with Gasteiger partial charge in [-0.1, -0.05) is 13.3 Å². The number of rotatable bonds is 3. The van der Waals surface area contributed by atoms with Gasteiger partial charge >= 0.3 is 0 Å². The van der Waals surface area contributed by atoms with E-state index in [9.17, 15) is 15.2 Å². The van der Waals surface area contributed by atoms with E-state index in [4.69, 9.17) is 5.73 Å². The Bertz CT molecular complexity index is 613. The van der Waals surface area contributed by atoms with Crippen LogP contribution in [0, 0.1) is 34.5 Å². The molecule has 8 atom stereocenters. The van der Waals surface area contributed by atoms with Crippen LogP contribution < -0.4 is 5.73 Å². The van der Waals surface area contributed by atoms with Gasteiger partial charge in [0, 0.05) is 6.04 Å². The minimum Gasteiger partial charge on any atom is -0.390 e. The summed E-state index contributed by atoms with van der Waals surface area (Å²) in [5, 5.41) is 20.3. The van der Waals surface area contributed by atoms with Crippen molar-refractivity contribution in [1.82, 2.24) is 4.90 Å². The number of hydrogen-bond acceptors (Lipinski definition) is 4. The summed E-state index contributed by atoms with van der Waals surface area (Å²) in [6.07, 6.45) is 7.40. The van der Waals surface area contributed by atoms with Crippen LogP contribution in [0.1, 0.15) is 65.2 Å². The van der Waals surface area contributed by atoms with Gasteiger partial charge in [-0.3, -0.25) is 4.79 Å². The van der Waals surface area contributed by atoms with Gasteiger partial charge in [-0.05, 0) is 75.0 Å². The molecular formula is C20H31N3O2. The van der Waals surface area contributed by atoms with Crippen LogP contribution in [-0.4, -0.2) is 39.6 Å². The molecule has 138 valence electrons. The van der Waals surface area contributed by atoms with Crippen LogP contribution in [0.4, 0.5) is 0 Å². The molecule has 4 fully saturated rings. The van der Waals surface area contributed by atoms with Gasteiger partial charge in [-0.15, -0.1) is 0 Å². The number of likely N-dealkylation sites (tertiary alicyclic amines) is 1. The first-order chi connectivity index (χ1) is 11.8. The van der Waals surface area contributed by atoms with Crippen molar-refractivity contribution < 1.29 is 9.90 Å². The van der Waals surface area contributed by atoms with Crippen molar-refractivity contribution in [1.29, 1.82) is 5.26 Å². The van der Waals surface area contributed by atoms with E-state index in [1.54, 1.807) is 4.90 Å². The van der Waals surface area contributed by atoms with Crippen molar-refractivity contribution in [3.63, 3.8) is 0 Å². The van der Waals surface area contributed by atoms with Gasteiger partial charge < -0.3 is 15.7 Å². The van der Waals surface area contributed by atoms with E-state index in [2.05, 4.69) is 13.0 Å².